The smallest absolute Gasteiger partial charge is 0.333 e. The van der Waals surface area contributed by atoms with E-state index in [4.69, 9.17) is 5.14 Å². The van der Waals surface area contributed by atoms with E-state index in [1.165, 1.54) is 0 Å². The fourth-order valence-corrected chi connectivity index (χ4v) is 1.85. The Morgan fingerprint density at radius 2 is 2.12 bits per heavy atom. The summed E-state index contributed by atoms with van der Waals surface area (Å²) in [6, 6.07) is 7.59. The van der Waals surface area contributed by atoms with Crippen molar-refractivity contribution < 1.29 is 12.6 Å². The first-order chi connectivity index (χ1) is 7.46. The van der Waals surface area contributed by atoms with Crippen LogP contribution < -0.4 is 5.14 Å². The van der Waals surface area contributed by atoms with Gasteiger partial charge in [-0.2, -0.15) is 8.42 Å². The molecule has 5 nitrogen and oxygen atoms in total. The van der Waals surface area contributed by atoms with Crippen LogP contribution in [0.25, 0.3) is 10.9 Å². The zero-order valence-electron chi connectivity index (χ0n) is 8.75. The van der Waals surface area contributed by atoms with Crippen molar-refractivity contribution in [1.29, 1.82) is 0 Å². The molecule has 0 radical (unpaired) electrons. The Bertz CT molecular complexity index is 616. The molecule has 2 rings (SSSR count). The van der Waals surface area contributed by atoms with Gasteiger partial charge < -0.3 is 4.57 Å². The third kappa shape index (κ3) is 2.41. The minimum Gasteiger partial charge on any atom is -0.351 e. The fraction of sp³-hybridized carbons (Fsp3) is 0.200. The van der Waals surface area contributed by atoms with Crippen molar-refractivity contribution in [1.82, 2.24) is 4.57 Å². The predicted molar refractivity (Wildman–Crippen MR) is 60.8 cm³/mol. The second-order valence-electron chi connectivity index (χ2n) is 3.57. The van der Waals surface area contributed by atoms with E-state index in [2.05, 4.69) is 4.18 Å². The van der Waals surface area contributed by atoms with E-state index in [9.17, 15) is 8.42 Å². The molecule has 0 unspecified atom stereocenters. The number of aryl methyl sites for hydroxylation is 1. The number of nitrogens with two attached hydrogens (primary N) is 1. The van der Waals surface area contributed by atoms with E-state index in [1.807, 2.05) is 42.1 Å². The summed E-state index contributed by atoms with van der Waals surface area (Å²) in [7, 11) is -1.96. The fourth-order valence-electron chi connectivity index (χ4n) is 1.55. The molecule has 2 aromatic rings. The van der Waals surface area contributed by atoms with E-state index >= 15 is 0 Å². The first-order valence-corrected chi connectivity index (χ1v) is 6.14. The summed E-state index contributed by atoms with van der Waals surface area (Å²) in [6.45, 7) is -0.0417. The summed E-state index contributed by atoms with van der Waals surface area (Å²) >= 11 is 0. The van der Waals surface area contributed by atoms with E-state index in [-0.39, 0.29) is 6.61 Å². The van der Waals surface area contributed by atoms with Crippen LogP contribution in [0.5, 0.6) is 0 Å². The molecule has 0 spiro atoms. The molecule has 0 saturated heterocycles. The van der Waals surface area contributed by atoms with E-state index in [1.54, 1.807) is 0 Å². The molecule has 0 amide bonds. The number of fused-ring (bicyclic) bond motifs is 1. The lowest BCUT2D eigenvalue weighted by Gasteiger charge is -2.03. The topological polar surface area (TPSA) is 74.3 Å². The number of rotatable bonds is 3. The average molecular weight is 240 g/mol. The number of nitrogens with zero attached hydrogens (tertiary/aromatic N) is 1. The lowest BCUT2D eigenvalue weighted by molar-refractivity contribution is 0.308. The first kappa shape index (κ1) is 11.1. The lowest BCUT2D eigenvalue weighted by Crippen LogP contribution is -2.15. The highest BCUT2D eigenvalue weighted by atomic mass is 32.2. The van der Waals surface area contributed by atoms with Crippen LogP contribution in [-0.4, -0.2) is 13.0 Å². The van der Waals surface area contributed by atoms with Gasteiger partial charge in [0.1, 0.15) is 0 Å². The molecular formula is C10H12N2O3S. The molecule has 0 aliphatic heterocycles. The van der Waals surface area contributed by atoms with Gasteiger partial charge in [-0.25, -0.2) is 5.14 Å². The summed E-state index contributed by atoms with van der Waals surface area (Å²) < 4.78 is 27.7. The van der Waals surface area contributed by atoms with Crippen molar-refractivity contribution >= 4 is 21.2 Å². The number of hydrogen-bond acceptors (Lipinski definition) is 3. The van der Waals surface area contributed by atoms with Crippen molar-refractivity contribution in [2.24, 2.45) is 12.2 Å². The normalized spacial score (nSPS) is 12.1. The molecule has 0 fully saturated rings. The highest BCUT2D eigenvalue weighted by molar-refractivity contribution is 7.84. The van der Waals surface area contributed by atoms with Gasteiger partial charge in [0.05, 0.1) is 6.61 Å². The zero-order valence-corrected chi connectivity index (χ0v) is 9.57. The largest absolute Gasteiger partial charge is 0.351 e. The van der Waals surface area contributed by atoms with E-state index < -0.39 is 10.3 Å². The zero-order chi connectivity index (χ0) is 11.8. The van der Waals surface area contributed by atoms with Gasteiger partial charge in [-0.05, 0) is 23.1 Å². The van der Waals surface area contributed by atoms with Gasteiger partial charge in [0.15, 0.2) is 0 Å². The van der Waals surface area contributed by atoms with Crippen LogP contribution in [0, 0.1) is 0 Å². The molecule has 0 aliphatic carbocycles. The Morgan fingerprint density at radius 3 is 2.81 bits per heavy atom. The Kier molecular flexibility index (Phi) is 2.71. The Morgan fingerprint density at radius 1 is 1.38 bits per heavy atom. The van der Waals surface area contributed by atoms with Gasteiger partial charge in [-0.3, -0.25) is 4.18 Å². The van der Waals surface area contributed by atoms with Crippen LogP contribution in [0.1, 0.15) is 5.56 Å². The number of hydrogen-bond donors (Lipinski definition) is 1. The molecule has 6 heteroatoms. The van der Waals surface area contributed by atoms with Crippen molar-refractivity contribution in [3.63, 3.8) is 0 Å². The lowest BCUT2D eigenvalue weighted by atomic mass is 10.2. The van der Waals surface area contributed by atoms with Crippen molar-refractivity contribution in [2.75, 3.05) is 0 Å². The second-order valence-corrected chi connectivity index (χ2v) is 4.80. The summed E-state index contributed by atoms with van der Waals surface area (Å²) in [6.07, 6.45) is 1.94. The molecule has 2 N–H and O–H groups in total. The van der Waals surface area contributed by atoms with Gasteiger partial charge >= 0.3 is 10.3 Å². The number of benzene rings is 1. The van der Waals surface area contributed by atoms with Gasteiger partial charge in [-0.15, -0.1) is 0 Å². The Hall–Kier alpha value is -1.37. The van der Waals surface area contributed by atoms with Crippen LogP contribution >= 0.6 is 0 Å². The predicted octanol–water partition coefficient (Wildman–Crippen LogP) is 0.898. The maximum atomic E-state index is 10.6. The van der Waals surface area contributed by atoms with Crippen LogP contribution in [-0.2, 0) is 28.1 Å². The maximum absolute atomic E-state index is 10.6. The van der Waals surface area contributed by atoms with Crippen LogP contribution in [0.15, 0.2) is 30.5 Å². The first-order valence-electron chi connectivity index (χ1n) is 4.67. The maximum Gasteiger partial charge on any atom is 0.333 e. The minimum absolute atomic E-state index is 0.0417. The summed E-state index contributed by atoms with van der Waals surface area (Å²) in [5.41, 5.74) is 1.79. The van der Waals surface area contributed by atoms with Gasteiger partial charge in [0.2, 0.25) is 0 Å². The standard InChI is InChI=1S/C10H12N2O3S/c1-12-5-4-9-3-2-8(6-10(9)12)7-15-16(11,13)14/h2-6H,7H2,1H3,(H2,11,13,14). The molecule has 0 bridgehead atoms. The average Bonchev–Trinajstić information content (AvgIpc) is 2.56. The third-order valence-electron chi connectivity index (χ3n) is 2.34. The van der Waals surface area contributed by atoms with Gasteiger partial charge in [0.25, 0.3) is 0 Å². The minimum atomic E-state index is -3.88. The van der Waals surface area contributed by atoms with Gasteiger partial charge in [0, 0.05) is 18.8 Å². The molecule has 0 aliphatic rings. The monoisotopic (exact) mass is 240 g/mol. The molecule has 1 heterocycles. The van der Waals surface area contributed by atoms with Crippen molar-refractivity contribution in [3.8, 4) is 0 Å². The quantitative estimate of drug-likeness (QED) is 0.866. The molecule has 0 atom stereocenters. The number of aromatic nitrogens is 1. The molecular weight excluding hydrogens is 228 g/mol. The Balaban J connectivity index is 2.29. The molecule has 86 valence electrons. The van der Waals surface area contributed by atoms with Crippen molar-refractivity contribution in [3.05, 3.63) is 36.0 Å². The molecule has 1 aromatic carbocycles. The summed E-state index contributed by atoms with van der Waals surface area (Å²) in [5, 5.41) is 5.85. The molecule has 16 heavy (non-hydrogen) atoms. The van der Waals surface area contributed by atoms with Crippen molar-refractivity contribution in [2.45, 2.75) is 6.61 Å². The third-order valence-corrected chi connectivity index (χ3v) is 2.79. The van der Waals surface area contributed by atoms with E-state index in [0.717, 1.165) is 16.5 Å². The van der Waals surface area contributed by atoms with Crippen LogP contribution in [0.2, 0.25) is 0 Å². The van der Waals surface area contributed by atoms with Crippen LogP contribution in [0.3, 0.4) is 0 Å². The molecule has 1 aromatic heterocycles. The summed E-state index contributed by atoms with van der Waals surface area (Å²) in [4.78, 5) is 0. The van der Waals surface area contributed by atoms with Gasteiger partial charge in [-0.1, -0.05) is 12.1 Å². The van der Waals surface area contributed by atoms with E-state index in [0.29, 0.717) is 0 Å². The summed E-state index contributed by atoms with van der Waals surface area (Å²) in [5.74, 6) is 0. The highest BCUT2D eigenvalue weighted by Crippen LogP contribution is 2.17. The second kappa shape index (κ2) is 3.89. The SMILES string of the molecule is Cn1ccc2ccc(COS(N)(=O)=O)cc21. The van der Waals surface area contributed by atoms with Crippen LogP contribution in [0.4, 0.5) is 0 Å². The molecule has 0 saturated carbocycles. The Labute approximate surface area is 93.7 Å². The highest BCUT2D eigenvalue weighted by Gasteiger charge is 2.04.